The van der Waals surface area contributed by atoms with Crippen LogP contribution in [0.5, 0.6) is 0 Å². The van der Waals surface area contributed by atoms with Gasteiger partial charge in [-0.25, -0.2) is 9.97 Å². The Morgan fingerprint density at radius 3 is 2.75 bits per heavy atom. The van der Waals surface area contributed by atoms with Gasteiger partial charge in [-0.1, -0.05) is 11.6 Å². The van der Waals surface area contributed by atoms with Gasteiger partial charge in [0.25, 0.3) is 0 Å². The molecule has 88 valence electrons. The van der Waals surface area contributed by atoms with Gasteiger partial charge in [-0.2, -0.15) is 0 Å². The first-order chi connectivity index (χ1) is 7.56. The number of halogens is 1. The summed E-state index contributed by atoms with van der Waals surface area (Å²) in [6, 6.07) is 2.40. The van der Waals surface area contributed by atoms with Crippen LogP contribution in [0.2, 0.25) is 5.15 Å². The smallest absolute Gasteiger partial charge is 0.144 e. The first kappa shape index (κ1) is 11.8. The first-order valence-electron chi connectivity index (χ1n) is 5.76. The van der Waals surface area contributed by atoms with Crippen LogP contribution in [-0.2, 0) is 6.54 Å². The SMILES string of the molecule is Cc1cc(Cl)nc(CN(C)C(C)C2CC2)n1. The van der Waals surface area contributed by atoms with Gasteiger partial charge in [0.05, 0.1) is 6.54 Å². The number of nitrogens with zero attached hydrogens (tertiary/aromatic N) is 3. The molecule has 1 atom stereocenters. The minimum absolute atomic E-state index is 0.537. The Bertz CT molecular complexity index is 356. The Balaban J connectivity index is 2.01. The molecule has 0 amide bonds. The molecule has 1 unspecified atom stereocenters. The maximum absolute atomic E-state index is 5.92. The van der Waals surface area contributed by atoms with E-state index in [0.717, 1.165) is 24.0 Å². The highest BCUT2D eigenvalue weighted by atomic mass is 35.5. The largest absolute Gasteiger partial charge is 0.296 e. The highest BCUT2D eigenvalue weighted by Gasteiger charge is 2.30. The van der Waals surface area contributed by atoms with Crippen molar-refractivity contribution in [1.29, 1.82) is 0 Å². The van der Waals surface area contributed by atoms with Gasteiger partial charge in [0, 0.05) is 11.7 Å². The molecule has 2 rings (SSSR count). The van der Waals surface area contributed by atoms with Gasteiger partial charge in [0.1, 0.15) is 11.0 Å². The summed E-state index contributed by atoms with van der Waals surface area (Å²) >= 11 is 5.92. The molecule has 0 saturated heterocycles. The molecule has 0 aromatic carbocycles. The van der Waals surface area contributed by atoms with Crippen LogP contribution in [0.3, 0.4) is 0 Å². The predicted octanol–water partition coefficient (Wildman–Crippen LogP) is 2.67. The summed E-state index contributed by atoms with van der Waals surface area (Å²) in [6.45, 7) is 5.00. The molecule has 1 aliphatic carbocycles. The third kappa shape index (κ3) is 2.92. The molecule has 1 aromatic rings. The van der Waals surface area contributed by atoms with Crippen molar-refractivity contribution < 1.29 is 0 Å². The van der Waals surface area contributed by atoms with Crippen LogP contribution >= 0.6 is 11.6 Å². The predicted molar refractivity (Wildman–Crippen MR) is 65.4 cm³/mol. The Hall–Kier alpha value is -0.670. The van der Waals surface area contributed by atoms with Gasteiger partial charge in [0.15, 0.2) is 0 Å². The second-order valence-electron chi connectivity index (χ2n) is 4.74. The second kappa shape index (κ2) is 4.68. The maximum Gasteiger partial charge on any atom is 0.144 e. The summed E-state index contributed by atoms with van der Waals surface area (Å²) in [5.41, 5.74) is 0.933. The fourth-order valence-corrected chi connectivity index (χ4v) is 2.22. The van der Waals surface area contributed by atoms with Crippen LogP contribution < -0.4 is 0 Å². The molecular formula is C12H18ClN3. The van der Waals surface area contributed by atoms with Gasteiger partial charge in [-0.3, -0.25) is 4.90 Å². The Morgan fingerprint density at radius 2 is 2.19 bits per heavy atom. The monoisotopic (exact) mass is 239 g/mol. The molecule has 0 N–H and O–H groups in total. The minimum Gasteiger partial charge on any atom is -0.296 e. The van der Waals surface area contributed by atoms with E-state index in [9.17, 15) is 0 Å². The molecule has 16 heavy (non-hydrogen) atoms. The van der Waals surface area contributed by atoms with Crippen molar-refractivity contribution >= 4 is 11.6 Å². The molecule has 0 spiro atoms. The van der Waals surface area contributed by atoms with E-state index >= 15 is 0 Å². The molecule has 1 aliphatic rings. The molecule has 1 fully saturated rings. The molecule has 1 saturated carbocycles. The summed E-state index contributed by atoms with van der Waals surface area (Å²) in [4.78, 5) is 11.0. The van der Waals surface area contributed by atoms with Crippen molar-refractivity contribution in [3.05, 3.63) is 22.7 Å². The quantitative estimate of drug-likeness (QED) is 0.757. The lowest BCUT2D eigenvalue weighted by Crippen LogP contribution is -2.31. The fourth-order valence-electron chi connectivity index (χ4n) is 1.97. The molecular weight excluding hydrogens is 222 g/mol. The third-order valence-electron chi connectivity index (χ3n) is 3.26. The summed E-state index contributed by atoms with van der Waals surface area (Å²) in [5.74, 6) is 1.69. The van der Waals surface area contributed by atoms with Gasteiger partial charge in [-0.15, -0.1) is 0 Å². The van der Waals surface area contributed by atoms with E-state index < -0.39 is 0 Å². The van der Waals surface area contributed by atoms with Gasteiger partial charge in [-0.05, 0) is 45.7 Å². The van der Waals surface area contributed by atoms with Crippen LogP contribution in [0.15, 0.2) is 6.07 Å². The summed E-state index contributed by atoms with van der Waals surface area (Å²) < 4.78 is 0. The Kier molecular flexibility index (Phi) is 3.45. The highest BCUT2D eigenvalue weighted by Crippen LogP contribution is 2.34. The molecule has 4 heteroatoms. The minimum atomic E-state index is 0.537. The lowest BCUT2D eigenvalue weighted by molar-refractivity contribution is 0.221. The fraction of sp³-hybridized carbons (Fsp3) is 0.667. The topological polar surface area (TPSA) is 29.0 Å². The van der Waals surface area contributed by atoms with E-state index in [2.05, 4.69) is 28.8 Å². The number of rotatable bonds is 4. The number of hydrogen-bond donors (Lipinski definition) is 0. The van der Waals surface area contributed by atoms with E-state index in [4.69, 9.17) is 11.6 Å². The van der Waals surface area contributed by atoms with E-state index in [0.29, 0.717) is 11.2 Å². The summed E-state index contributed by atoms with van der Waals surface area (Å²) in [6.07, 6.45) is 2.72. The van der Waals surface area contributed by atoms with Gasteiger partial charge >= 0.3 is 0 Å². The van der Waals surface area contributed by atoms with Crippen LogP contribution in [0.1, 0.15) is 31.3 Å². The zero-order valence-electron chi connectivity index (χ0n) is 10.1. The standard InChI is InChI=1S/C12H18ClN3/c1-8-6-11(13)15-12(14-8)7-16(3)9(2)10-4-5-10/h6,9-10H,4-5,7H2,1-3H3. The molecule has 0 radical (unpaired) electrons. The summed E-state index contributed by atoms with van der Waals surface area (Å²) in [5, 5.41) is 0.537. The van der Waals surface area contributed by atoms with Crippen LogP contribution in [0, 0.1) is 12.8 Å². The van der Waals surface area contributed by atoms with Crippen molar-refractivity contribution in [1.82, 2.24) is 14.9 Å². The molecule has 0 aliphatic heterocycles. The average Bonchev–Trinajstić information content (AvgIpc) is 2.97. The lowest BCUT2D eigenvalue weighted by atomic mass is 10.2. The number of hydrogen-bond acceptors (Lipinski definition) is 3. The van der Waals surface area contributed by atoms with E-state index in [1.165, 1.54) is 12.8 Å². The maximum atomic E-state index is 5.92. The molecule has 3 nitrogen and oxygen atoms in total. The number of aryl methyl sites for hydroxylation is 1. The van der Waals surface area contributed by atoms with E-state index in [-0.39, 0.29) is 0 Å². The number of aromatic nitrogens is 2. The highest BCUT2D eigenvalue weighted by molar-refractivity contribution is 6.29. The normalized spacial score (nSPS) is 17.8. The van der Waals surface area contributed by atoms with E-state index in [1.54, 1.807) is 6.07 Å². The van der Waals surface area contributed by atoms with E-state index in [1.807, 2.05) is 6.92 Å². The van der Waals surface area contributed by atoms with Crippen LogP contribution in [0.4, 0.5) is 0 Å². The summed E-state index contributed by atoms with van der Waals surface area (Å²) in [7, 11) is 2.13. The van der Waals surface area contributed by atoms with Crippen molar-refractivity contribution in [3.63, 3.8) is 0 Å². The second-order valence-corrected chi connectivity index (χ2v) is 5.13. The van der Waals surface area contributed by atoms with Crippen molar-refractivity contribution in [2.24, 2.45) is 5.92 Å². The zero-order chi connectivity index (χ0) is 11.7. The average molecular weight is 240 g/mol. The van der Waals surface area contributed by atoms with Crippen molar-refractivity contribution in [2.45, 2.75) is 39.3 Å². The Labute approximate surface area is 102 Å². The van der Waals surface area contributed by atoms with Crippen molar-refractivity contribution in [3.8, 4) is 0 Å². The van der Waals surface area contributed by atoms with Gasteiger partial charge < -0.3 is 0 Å². The van der Waals surface area contributed by atoms with Crippen LogP contribution in [0.25, 0.3) is 0 Å². The van der Waals surface area contributed by atoms with Gasteiger partial charge in [0.2, 0.25) is 0 Å². The van der Waals surface area contributed by atoms with Crippen molar-refractivity contribution in [2.75, 3.05) is 7.05 Å². The third-order valence-corrected chi connectivity index (χ3v) is 3.45. The molecule has 0 bridgehead atoms. The molecule has 1 heterocycles. The zero-order valence-corrected chi connectivity index (χ0v) is 10.8. The molecule has 1 aromatic heterocycles. The Morgan fingerprint density at radius 1 is 1.50 bits per heavy atom. The first-order valence-corrected chi connectivity index (χ1v) is 6.14. The van der Waals surface area contributed by atoms with Crippen LogP contribution in [-0.4, -0.2) is 28.0 Å². The lowest BCUT2D eigenvalue weighted by Gasteiger charge is -2.23.